The number of amides is 1. The lowest BCUT2D eigenvalue weighted by atomic mass is 10.0. The Morgan fingerprint density at radius 3 is 2.57 bits per heavy atom. The van der Waals surface area contributed by atoms with Crippen molar-refractivity contribution in [3.63, 3.8) is 0 Å². The molecular formula is C22H24N2O4. The summed E-state index contributed by atoms with van der Waals surface area (Å²) in [4.78, 5) is 27.2. The summed E-state index contributed by atoms with van der Waals surface area (Å²) in [5.41, 5.74) is 3.88. The number of carboxylic acids is 1. The summed E-state index contributed by atoms with van der Waals surface area (Å²) in [6.45, 7) is 3.91. The van der Waals surface area contributed by atoms with E-state index >= 15 is 0 Å². The number of para-hydroxylation sites is 1. The van der Waals surface area contributed by atoms with Crippen LogP contribution in [0.1, 0.15) is 23.6 Å². The van der Waals surface area contributed by atoms with Gasteiger partial charge in [0.25, 0.3) is 0 Å². The largest absolute Gasteiger partial charge is 0.480 e. The van der Waals surface area contributed by atoms with Gasteiger partial charge in [-0.1, -0.05) is 48.0 Å². The number of aliphatic carboxylic acids is 1. The van der Waals surface area contributed by atoms with Crippen LogP contribution >= 0.6 is 0 Å². The molecule has 2 aromatic carbocycles. The topological polar surface area (TPSA) is 91.4 Å². The summed E-state index contributed by atoms with van der Waals surface area (Å²) >= 11 is 0. The lowest BCUT2D eigenvalue weighted by molar-refractivity contribution is -0.144. The fourth-order valence-electron chi connectivity index (χ4n) is 2.99. The summed E-state index contributed by atoms with van der Waals surface area (Å²) in [6, 6.07) is 14.5. The van der Waals surface area contributed by atoms with Crippen LogP contribution in [0.5, 0.6) is 0 Å². The highest BCUT2D eigenvalue weighted by molar-refractivity contribution is 5.88. The molecule has 0 saturated carbocycles. The highest BCUT2D eigenvalue weighted by atomic mass is 16.5. The number of hydrogen-bond acceptors (Lipinski definition) is 3. The molecule has 1 aromatic heterocycles. The van der Waals surface area contributed by atoms with Crippen molar-refractivity contribution in [1.82, 2.24) is 10.3 Å². The summed E-state index contributed by atoms with van der Waals surface area (Å²) in [5.74, 6) is -1.52. The Morgan fingerprint density at radius 1 is 1.14 bits per heavy atom. The van der Waals surface area contributed by atoms with Crippen LogP contribution in [0.25, 0.3) is 10.9 Å². The van der Waals surface area contributed by atoms with Gasteiger partial charge in [-0.25, -0.2) is 4.79 Å². The van der Waals surface area contributed by atoms with Gasteiger partial charge in [0.1, 0.15) is 12.1 Å². The van der Waals surface area contributed by atoms with Crippen LogP contribution in [0, 0.1) is 6.92 Å². The Bertz CT molecular complexity index is 962. The molecule has 146 valence electrons. The van der Waals surface area contributed by atoms with Crippen molar-refractivity contribution < 1.29 is 19.4 Å². The minimum Gasteiger partial charge on any atom is -0.480 e. The molecule has 0 aliphatic heterocycles. The zero-order chi connectivity index (χ0) is 20.1. The summed E-state index contributed by atoms with van der Waals surface area (Å²) in [6.07, 6.45) is 1.21. The molecule has 0 fully saturated rings. The van der Waals surface area contributed by atoms with Crippen LogP contribution in [-0.2, 0) is 27.4 Å². The van der Waals surface area contributed by atoms with E-state index in [0.717, 1.165) is 27.6 Å². The van der Waals surface area contributed by atoms with Crippen LogP contribution in [-0.4, -0.2) is 34.1 Å². The Balaban J connectivity index is 1.60. The second-order valence-electron chi connectivity index (χ2n) is 6.90. The SMILES string of the molecule is Cc1ccc(COC(C)C(=O)NC(Cc2c[nH]c3ccccc23)C(=O)O)cc1. The molecule has 0 radical (unpaired) electrons. The lowest BCUT2D eigenvalue weighted by Gasteiger charge is -2.18. The zero-order valence-corrected chi connectivity index (χ0v) is 15.9. The van der Waals surface area contributed by atoms with Crippen LogP contribution in [0.15, 0.2) is 54.7 Å². The molecule has 0 aliphatic rings. The molecule has 3 aromatic rings. The highest BCUT2D eigenvalue weighted by Gasteiger charge is 2.24. The van der Waals surface area contributed by atoms with Crippen molar-refractivity contribution in [3.8, 4) is 0 Å². The standard InChI is InChI=1S/C22H24N2O4/c1-14-7-9-16(10-8-14)13-28-15(2)21(25)24-20(22(26)27)11-17-12-23-19-6-4-3-5-18(17)19/h3-10,12,15,20,23H,11,13H2,1-2H3,(H,24,25)(H,26,27). The molecule has 2 unspecified atom stereocenters. The average molecular weight is 380 g/mol. The molecular weight excluding hydrogens is 356 g/mol. The Morgan fingerprint density at radius 2 is 1.86 bits per heavy atom. The lowest BCUT2D eigenvalue weighted by Crippen LogP contribution is -2.46. The summed E-state index contributed by atoms with van der Waals surface area (Å²) in [7, 11) is 0. The molecule has 6 nitrogen and oxygen atoms in total. The molecule has 2 atom stereocenters. The van der Waals surface area contributed by atoms with Gasteiger partial charge in [-0.05, 0) is 31.0 Å². The van der Waals surface area contributed by atoms with Gasteiger partial charge in [-0.3, -0.25) is 4.79 Å². The van der Waals surface area contributed by atoms with Crippen LogP contribution in [0.3, 0.4) is 0 Å². The second kappa shape index (κ2) is 8.71. The quantitative estimate of drug-likeness (QED) is 0.560. The van der Waals surface area contributed by atoms with Crippen molar-refractivity contribution >= 4 is 22.8 Å². The predicted octanol–water partition coefficient (Wildman–Crippen LogP) is 3.19. The fourth-order valence-corrected chi connectivity index (χ4v) is 2.99. The first kappa shape index (κ1) is 19.6. The third-order valence-electron chi connectivity index (χ3n) is 4.70. The van der Waals surface area contributed by atoms with Crippen LogP contribution in [0.4, 0.5) is 0 Å². The van der Waals surface area contributed by atoms with Gasteiger partial charge in [0.05, 0.1) is 6.61 Å². The average Bonchev–Trinajstić information content (AvgIpc) is 3.09. The number of carbonyl (C=O) groups is 2. The van der Waals surface area contributed by atoms with Crippen molar-refractivity contribution in [2.24, 2.45) is 0 Å². The van der Waals surface area contributed by atoms with E-state index in [1.165, 1.54) is 0 Å². The molecule has 0 spiro atoms. The molecule has 1 heterocycles. The molecule has 1 amide bonds. The van der Waals surface area contributed by atoms with Gasteiger partial charge >= 0.3 is 5.97 Å². The summed E-state index contributed by atoms with van der Waals surface area (Å²) in [5, 5.41) is 13.1. The monoisotopic (exact) mass is 380 g/mol. The molecule has 3 rings (SSSR count). The maximum Gasteiger partial charge on any atom is 0.326 e. The molecule has 6 heteroatoms. The Hall–Kier alpha value is -3.12. The number of H-pyrrole nitrogens is 1. The molecule has 0 aliphatic carbocycles. The third-order valence-corrected chi connectivity index (χ3v) is 4.70. The van der Waals surface area contributed by atoms with E-state index in [2.05, 4.69) is 10.3 Å². The predicted molar refractivity (Wildman–Crippen MR) is 107 cm³/mol. The number of aromatic amines is 1. The summed E-state index contributed by atoms with van der Waals surface area (Å²) < 4.78 is 5.60. The normalized spacial score (nSPS) is 13.2. The number of benzene rings is 2. The first-order valence-electron chi connectivity index (χ1n) is 9.19. The molecule has 0 saturated heterocycles. The van der Waals surface area contributed by atoms with Gasteiger partial charge in [-0.15, -0.1) is 0 Å². The molecule has 28 heavy (non-hydrogen) atoms. The van der Waals surface area contributed by atoms with Crippen LogP contribution in [0.2, 0.25) is 0 Å². The Labute approximate surface area is 163 Å². The van der Waals surface area contributed by atoms with E-state index < -0.39 is 24.0 Å². The van der Waals surface area contributed by atoms with Crippen molar-refractivity contribution in [3.05, 3.63) is 71.4 Å². The van der Waals surface area contributed by atoms with Gasteiger partial charge in [0.2, 0.25) is 5.91 Å². The number of nitrogens with one attached hydrogen (secondary N) is 2. The number of ether oxygens (including phenoxy) is 1. The second-order valence-corrected chi connectivity index (χ2v) is 6.90. The van der Waals surface area contributed by atoms with Crippen molar-refractivity contribution in [2.75, 3.05) is 0 Å². The van der Waals surface area contributed by atoms with Crippen molar-refractivity contribution in [1.29, 1.82) is 0 Å². The number of aryl methyl sites for hydroxylation is 1. The van der Waals surface area contributed by atoms with E-state index in [-0.39, 0.29) is 13.0 Å². The number of carboxylic acid groups (broad SMARTS) is 1. The van der Waals surface area contributed by atoms with Crippen molar-refractivity contribution in [2.45, 2.75) is 39.0 Å². The van der Waals surface area contributed by atoms with Gasteiger partial charge < -0.3 is 20.1 Å². The number of aromatic nitrogens is 1. The fraction of sp³-hybridized carbons (Fsp3) is 0.273. The first-order chi connectivity index (χ1) is 13.4. The van der Waals surface area contributed by atoms with E-state index in [1.807, 2.05) is 55.5 Å². The molecule has 0 bridgehead atoms. The van der Waals surface area contributed by atoms with E-state index in [9.17, 15) is 14.7 Å². The minimum absolute atomic E-state index is 0.190. The number of rotatable bonds is 8. The number of fused-ring (bicyclic) bond motifs is 1. The molecule has 3 N–H and O–H groups in total. The van der Waals surface area contributed by atoms with Gasteiger partial charge in [-0.2, -0.15) is 0 Å². The maximum absolute atomic E-state index is 12.4. The Kier molecular flexibility index (Phi) is 6.11. The third kappa shape index (κ3) is 4.78. The highest BCUT2D eigenvalue weighted by Crippen LogP contribution is 2.19. The first-order valence-corrected chi connectivity index (χ1v) is 9.19. The maximum atomic E-state index is 12.4. The van der Waals surface area contributed by atoms with Crippen LogP contribution < -0.4 is 5.32 Å². The number of carbonyl (C=O) groups excluding carboxylic acids is 1. The van der Waals surface area contributed by atoms with E-state index in [1.54, 1.807) is 13.1 Å². The van der Waals surface area contributed by atoms with Gasteiger partial charge in [0.15, 0.2) is 0 Å². The number of hydrogen-bond donors (Lipinski definition) is 3. The van der Waals surface area contributed by atoms with Gasteiger partial charge in [0, 0.05) is 23.5 Å². The minimum atomic E-state index is -1.08. The van der Waals surface area contributed by atoms with E-state index in [0.29, 0.717) is 0 Å². The van der Waals surface area contributed by atoms with E-state index in [4.69, 9.17) is 4.74 Å². The smallest absolute Gasteiger partial charge is 0.326 e. The zero-order valence-electron chi connectivity index (χ0n) is 15.9.